The highest BCUT2D eigenvalue weighted by molar-refractivity contribution is 6.59. The Balaban J connectivity index is 1.33. The molecule has 2 atom stereocenters. The lowest BCUT2D eigenvalue weighted by Crippen LogP contribution is -2.49. The Morgan fingerprint density at radius 3 is 2.49 bits per heavy atom. The fraction of sp³-hybridized carbons (Fsp3) is 0.355. The van der Waals surface area contributed by atoms with Crippen LogP contribution in [0, 0.1) is 5.41 Å². The number of rotatable bonds is 8. The summed E-state index contributed by atoms with van der Waals surface area (Å²) in [6.07, 6.45) is 2.82. The van der Waals surface area contributed by atoms with Gasteiger partial charge in [0.1, 0.15) is 43.7 Å². The van der Waals surface area contributed by atoms with Gasteiger partial charge in [0.15, 0.2) is 0 Å². The van der Waals surface area contributed by atoms with E-state index in [4.69, 9.17) is 0 Å². The molecule has 43 heavy (non-hydrogen) atoms. The average molecular weight is 573 g/mol. The van der Waals surface area contributed by atoms with Crippen molar-refractivity contribution in [2.24, 2.45) is 5.41 Å². The Morgan fingerprint density at radius 1 is 1.05 bits per heavy atom. The van der Waals surface area contributed by atoms with E-state index in [0.717, 1.165) is 27.8 Å². The van der Waals surface area contributed by atoms with E-state index in [9.17, 15) is 14.4 Å². The van der Waals surface area contributed by atoms with Crippen molar-refractivity contribution in [3.05, 3.63) is 88.6 Å². The Kier molecular flexibility index (Phi) is 8.11. The number of hydrogen-bond acceptors (Lipinski definition) is 5. The van der Waals surface area contributed by atoms with E-state index in [1.807, 2.05) is 69.3 Å². The average Bonchev–Trinajstić information content (AvgIpc) is 3.43. The lowest BCUT2D eigenvalue weighted by atomic mass is 9.49. The molecule has 3 N–H and O–H groups in total. The number of nitrogens with zero attached hydrogens (tertiary/aromatic N) is 2. The Labute approximate surface area is 257 Å². The van der Waals surface area contributed by atoms with Crippen molar-refractivity contribution in [1.82, 2.24) is 15.2 Å². The third kappa shape index (κ3) is 6.44. The number of carbonyl (C=O) groups excluding carboxylic acids is 3. The molecule has 0 fully saturated rings. The molecule has 1 spiro atoms. The molecule has 8 nitrogen and oxygen atoms in total. The highest BCUT2D eigenvalue weighted by Crippen LogP contribution is 2.47. The van der Waals surface area contributed by atoms with E-state index in [1.54, 1.807) is 11.1 Å². The van der Waals surface area contributed by atoms with Crippen LogP contribution in [0.15, 0.2) is 60.8 Å². The third-order valence-electron chi connectivity index (χ3n) is 8.26. The molecule has 1 aliphatic carbocycles. The first-order chi connectivity index (χ1) is 20.2. The van der Waals surface area contributed by atoms with Gasteiger partial charge in [0.05, 0.1) is 5.41 Å². The van der Waals surface area contributed by atoms with Crippen LogP contribution in [0.25, 0.3) is 0 Å². The van der Waals surface area contributed by atoms with Crippen LogP contribution in [0.3, 0.4) is 0 Å². The van der Waals surface area contributed by atoms with Gasteiger partial charge in [0.25, 0.3) is 0 Å². The quantitative estimate of drug-likeness (QED) is 0.325. The van der Waals surface area contributed by atoms with Gasteiger partial charge in [0.2, 0.25) is 17.7 Å². The number of nitrogens with one attached hydrogen (secondary N) is 3. The molecule has 0 saturated heterocycles. The van der Waals surface area contributed by atoms with Crippen LogP contribution in [0.5, 0.6) is 0 Å². The van der Waals surface area contributed by atoms with Gasteiger partial charge < -0.3 is 20.9 Å². The third-order valence-corrected chi connectivity index (χ3v) is 8.26. The predicted molar refractivity (Wildman–Crippen MR) is 181 cm³/mol. The van der Waals surface area contributed by atoms with Crippen molar-refractivity contribution in [2.75, 3.05) is 17.2 Å². The summed E-state index contributed by atoms with van der Waals surface area (Å²) in [5, 5.41) is 9.49. The zero-order valence-corrected chi connectivity index (χ0v) is 26.3. The molecule has 0 bridgehead atoms. The number of amides is 3. The van der Waals surface area contributed by atoms with Crippen molar-refractivity contribution in [3.63, 3.8) is 0 Å². The molecule has 1 aromatic heterocycles. The lowest BCUT2D eigenvalue weighted by Gasteiger charge is -2.32. The van der Waals surface area contributed by atoms with E-state index in [2.05, 4.69) is 58.4 Å². The molecule has 1 aliphatic heterocycles. The highest BCUT2D eigenvalue weighted by atomic mass is 16.2. The van der Waals surface area contributed by atoms with Gasteiger partial charge in [-0.3, -0.25) is 14.4 Å². The lowest BCUT2D eigenvalue weighted by molar-refractivity contribution is -0.142. The molecule has 2 aliphatic rings. The first-order valence-corrected chi connectivity index (χ1v) is 15.0. The van der Waals surface area contributed by atoms with Crippen molar-refractivity contribution in [3.8, 4) is 0 Å². The number of benzene rings is 2. The molecule has 218 valence electrons. The van der Waals surface area contributed by atoms with Crippen LogP contribution in [0.4, 0.5) is 11.5 Å². The molecule has 12 heteroatoms. The first-order valence-electron chi connectivity index (χ1n) is 15.0. The first kappa shape index (κ1) is 30.7. The minimum atomic E-state index is -0.670. The summed E-state index contributed by atoms with van der Waals surface area (Å²) < 4.78 is 0. The minimum Gasteiger partial charge on any atom is -0.335 e. The fourth-order valence-corrected chi connectivity index (χ4v) is 6.43. The molecular weight excluding hydrogens is 534 g/mol. The standard InChI is InChI=1S/C31H39B4N5O3/c1-29(2,3)28(43)40(16-19-7-4-5-8-22(19)25(32)39-31(33,34)35)17-24(41)37-21-11-10-18-14-30(15-20(18)13-21)23-9-6-12-36-26(23)38-27(30)42/h4-13,25,39H,14-17,32-35H2,1-3H3,(H,37,41)(H,36,38,42). The number of aromatic nitrogens is 1. The summed E-state index contributed by atoms with van der Waals surface area (Å²) in [7, 11) is 8.50. The van der Waals surface area contributed by atoms with Gasteiger partial charge >= 0.3 is 0 Å². The molecule has 2 unspecified atom stereocenters. The topological polar surface area (TPSA) is 103 Å². The Morgan fingerprint density at radius 2 is 1.77 bits per heavy atom. The van der Waals surface area contributed by atoms with Crippen molar-refractivity contribution in [1.29, 1.82) is 0 Å². The van der Waals surface area contributed by atoms with Gasteiger partial charge in [-0.1, -0.05) is 62.4 Å². The van der Waals surface area contributed by atoms with Crippen LogP contribution < -0.4 is 16.0 Å². The number of hydrogen-bond donors (Lipinski definition) is 3. The highest BCUT2D eigenvalue weighted by Gasteiger charge is 2.51. The monoisotopic (exact) mass is 573 g/mol. The maximum absolute atomic E-state index is 13.6. The molecule has 0 radical (unpaired) electrons. The minimum absolute atomic E-state index is 0.0355. The van der Waals surface area contributed by atoms with Crippen molar-refractivity contribution >= 4 is 60.6 Å². The largest absolute Gasteiger partial charge is 0.335 e. The number of pyridine rings is 1. The van der Waals surface area contributed by atoms with Gasteiger partial charge in [-0.25, -0.2) is 4.98 Å². The van der Waals surface area contributed by atoms with Crippen LogP contribution in [0.1, 0.15) is 54.5 Å². The van der Waals surface area contributed by atoms with Gasteiger partial charge in [-0.05, 0) is 59.2 Å². The maximum Gasteiger partial charge on any atom is 0.244 e. The maximum atomic E-state index is 13.6. The Bertz CT molecular complexity index is 1590. The second-order valence-corrected chi connectivity index (χ2v) is 14.0. The SMILES string of the molecule is BC(NC(B)(B)B)c1ccccc1CN(CC(=O)Nc1ccc2c(c1)CC1(C2)C(=O)Nc2ncccc21)C(=O)C(C)(C)C. The zero-order valence-electron chi connectivity index (χ0n) is 26.3. The van der Waals surface area contributed by atoms with Gasteiger partial charge in [0, 0.05) is 29.4 Å². The number of carbonyl (C=O) groups is 3. The molecule has 0 saturated carbocycles. The predicted octanol–water partition coefficient (Wildman–Crippen LogP) is -0.184. The summed E-state index contributed by atoms with van der Waals surface area (Å²) in [5.74, 6) is 0.297. The zero-order chi connectivity index (χ0) is 31.2. The van der Waals surface area contributed by atoms with Gasteiger partial charge in [-0.15, -0.1) is 0 Å². The van der Waals surface area contributed by atoms with Gasteiger partial charge in [-0.2, -0.15) is 0 Å². The molecule has 3 amide bonds. The molecular formula is C31H39B4N5O3. The number of anilines is 2. The fourth-order valence-electron chi connectivity index (χ4n) is 6.43. The van der Waals surface area contributed by atoms with E-state index in [-0.39, 0.29) is 35.4 Å². The molecule has 3 aromatic rings. The summed E-state index contributed by atoms with van der Waals surface area (Å²) >= 11 is 0. The van der Waals surface area contributed by atoms with Crippen LogP contribution >= 0.6 is 0 Å². The second-order valence-electron chi connectivity index (χ2n) is 14.0. The number of fused-ring (bicyclic) bond motifs is 3. The van der Waals surface area contributed by atoms with Crippen LogP contribution in [-0.2, 0) is 39.2 Å². The van der Waals surface area contributed by atoms with E-state index >= 15 is 0 Å². The Hall–Kier alpha value is -3.78. The van der Waals surface area contributed by atoms with Crippen molar-refractivity contribution in [2.45, 2.75) is 56.8 Å². The summed E-state index contributed by atoms with van der Waals surface area (Å²) in [6.45, 7) is 5.87. The van der Waals surface area contributed by atoms with Crippen molar-refractivity contribution < 1.29 is 14.4 Å². The van der Waals surface area contributed by atoms with Crippen LogP contribution in [0.2, 0.25) is 0 Å². The molecule has 5 rings (SSSR count). The summed E-state index contributed by atoms with van der Waals surface area (Å²) in [6, 6.07) is 17.7. The van der Waals surface area contributed by atoms with E-state index in [1.165, 1.54) is 0 Å². The smallest absolute Gasteiger partial charge is 0.244 e. The second kappa shape index (κ2) is 11.4. The summed E-state index contributed by atoms with van der Waals surface area (Å²) in [5.41, 5.74) is 4.47. The summed E-state index contributed by atoms with van der Waals surface area (Å²) in [4.78, 5) is 46.1. The van der Waals surface area contributed by atoms with E-state index < -0.39 is 10.8 Å². The van der Waals surface area contributed by atoms with Crippen LogP contribution in [-0.4, -0.2) is 70.8 Å². The normalized spacial score (nSPS) is 18.1. The molecule has 2 aromatic carbocycles. The molecule has 2 heterocycles. The van der Waals surface area contributed by atoms with E-state index in [0.29, 0.717) is 30.9 Å².